The van der Waals surface area contributed by atoms with Gasteiger partial charge in [-0.05, 0) is 61.1 Å². The summed E-state index contributed by atoms with van der Waals surface area (Å²) in [6, 6.07) is 12.8. The molecule has 0 bridgehead atoms. The SMILES string of the molecule is CCCCCCCCCCCCCCCCCCCCCCc1ccc(S(=O)(=O)[O-])cc1.CCCCCCCCCCCCCCCCCCCCCCc1ccc(S(=O)(=O)[O-])cc1.[Ba+2]. The van der Waals surface area contributed by atoms with Crippen LogP contribution in [0.15, 0.2) is 58.3 Å². The number of aryl methyl sites for hydroxylation is 2. The minimum atomic E-state index is -4.32. The van der Waals surface area contributed by atoms with E-state index in [1.807, 2.05) is 0 Å². The number of rotatable bonds is 44. The van der Waals surface area contributed by atoms with Crippen LogP contribution >= 0.6 is 0 Å². The molecule has 0 unspecified atom stereocenters. The molecule has 0 spiro atoms. The quantitative estimate of drug-likeness (QED) is 0.0371. The molecule has 0 N–H and O–H groups in total. The fraction of sp³-hybridized carbons (Fsp3) is 0.786. The Morgan fingerprint density at radius 3 is 0.585 bits per heavy atom. The number of hydrogen-bond acceptors (Lipinski definition) is 6. The van der Waals surface area contributed by atoms with Gasteiger partial charge in [-0.1, -0.05) is 282 Å². The van der Waals surface area contributed by atoms with Crippen LogP contribution in [0.25, 0.3) is 0 Å². The van der Waals surface area contributed by atoms with Gasteiger partial charge in [-0.2, -0.15) is 0 Å². The van der Waals surface area contributed by atoms with E-state index < -0.39 is 20.2 Å². The molecule has 0 aliphatic carbocycles. The third kappa shape index (κ3) is 42.4. The molecule has 65 heavy (non-hydrogen) atoms. The zero-order valence-electron chi connectivity index (χ0n) is 42.3. The molecule has 0 aliphatic heterocycles. The van der Waals surface area contributed by atoms with Crippen LogP contribution in [0.1, 0.15) is 282 Å². The van der Waals surface area contributed by atoms with Gasteiger partial charge in [-0.3, -0.25) is 0 Å². The maximum absolute atomic E-state index is 10.9. The summed E-state index contributed by atoms with van der Waals surface area (Å²) in [4.78, 5) is -0.269. The molecule has 0 fully saturated rings. The molecule has 0 saturated carbocycles. The van der Waals surface area contributed by atoms with E-state index in [-0.39, 0.29) is 58.7 Å². The van der Waals surface area contributed by atoms with Crippen molar-refractivity contribution in [2.24, 2.45) is 0 Å². The van der Waals surface area contributed by atoms with Crippen LogP contribution in [-0.2, 0) is 33.1 Å². The zero-order chi connectivity index (χ0) is 46.7. The van der Waals surface area contributed by atoms with Crippen molar-refractivity contribution < 1.29 is 25.9 Å². The molecular formula is C56H98BaO6S2. The van der Waals surface area contributed by atoms with Crippen molar-refractivity contribution in [1.82, 2.24) is 0 Å². The smallest absolute Gasteiger partial charge is 0.744 e. The van der Waals surface area contributed by atoms with Crippen LogP contribution in [0, 0.1) is 0 Å². The number of unbranched alkanes of at least 4 members (excludes halogenated alkanes) is 38. The molecule has 0 aliphatic rings. The minimum Gasteiger partial charge on any atom is -0.744 e. The van der Waals surface area contributed by atoms with Crippen LogP contribution in [-0.4, -0.2) is 74.8 Å². The van der Waals surface area contributed by atoms with Gasteiger partial charge in [0.2, 0.25) is 0 Å². The summed E-state index contributed by atoms with van der Waals surface area (Å²) < 4.78 is 65.6. The van der Waals surface area contributed by atoms with E-state index in [1.54, 1.807) is 24.3 Å². The van der Waals surface area contributed by atoms with E-state index in [0.29, 0.717) is 0 Å². The average molecular weight is 1070 g/mol. The van der Waals surface area contributed by atoms with Gasteiger partial charge in [0.15, 0.2) is 0 Å². The molecule has 2 aromatic carbocycles. The maximum Gasteiger partial charge on any atom is 2.00 e. The van der Waals surface area contributed by atoms with Crippen LogP contribution < -0.4 is 0 Å². The number of benzene rings is 2. The molecule has 0 atom stereocenters. The van der Waals surface area contributed by atoms with Gasteiger partial charge in [0, 0.05) is 0 Å². The van der Waals surface area contributed by atoms with Crippen LogP contribution in [0.5, 0.6) is 0 Å². The summed E-state index contributed by atoms with van der Waals surface area (Å²) in [6.07, 6.45) is 57.2. The molecule has 0 amide bonds. The third-order valence-corrected chi connectivity index (χ3v) is 14.8. The molecule has 6 nitrogen and oxygen atoms in total. The summed E-state index contributed by atoms with van der Waals surface area (Å²) >= 11 is 0. The Bertz CT molecular complexity index is 1400. The van der Waals surface area contributed by atoms with Crippen molar-refractivity contribution in [3.05, 3.63) is 59.7 Å². The van der Waals surface area contributed by atoms with Gasteiger partial charge in [-0.15, -0.1) is 0 Å². The molecule has 2 rings (SSSR count). The van der Waals surface area contributed by atoms with Crippen molar-refractivity contribution in [3.8, 4) is 0 Å². The summed E-state index contributed by atoms with van der Waals surface area (Å²) in [7, 11) is -8.65. The van der Waals surface area contributed by atoms with E-state index >= 15 is 0 Å². The fourth-order valence-electron chi connectivity index (χ4n) is 8.81. The van der Waals surface area contributed by atoms with Crippen LogP contribution in [0.2, 0.25) is 0 Å². The second kappa shape index (κ2) is 46.2. The molecule has 372 valence electrons. The Hall–Kier alpha value is -0.169. The van der Waals surface area contributed by atoms with E-state index in [2.05, 4.69) is 13.8 Å². The van der Waals surface area contributed by atoms with Gasteiger partial charge >= 0.3 is 48.9 Å². The Morgan fingerprint density at radius 2 is 0.431 bits per heavy atom. The van der Waals surface area contributed by atoms with Crippen molar-refractivity contribution in [3.63, 3.8) is 0 Å². The Morgan fingerprint density at radius 1 is 0.277 bits per heavy atom. The van der Waals surface area contributed by atoms with Crippen molar-refractivity contribution in [1.29, 1.82) is 0 Å². The fourth-order valence-corrected chi connectivity index (χ4v) is 9.75. The summed E-state index contributed by atoms with van der Waals surface area (Å²) in [5.74, 6) is 0. The molecule has 0 heterocycles. The van der Waals surface area contributed by atoms with Gasteiger partial charge < -0.3 is 9.11 Å². The van der Waals surface area contributed by atoms with E-state index in [0.717, 1.165) is 36.8 Å². The molecule has 0 aromatic heterocycles. The first-order chi connectivity index (χ1) is 31.1. The van der Waals surface area contributed by atoms with Crippen LogP contribution in [0.4, 0.5) is 0 Å². The van der Waals surface area contributed by atoms with E-state index in [4.69, 9.17) is 0 Å². The van der Waals surface area contributed by atoms with Crippen LogP contribution in [0.3, 0.4) is 0 Å². The Balaban J connectivity index is 0.00000124. The zero-order valence-corrected chi connectivity index (χ0v) is 48.4. The first-order valence-electron chi connectivity index (χ1n) is 27.2. The standard InChI is InChI=1S/2C28H50O3S.Ba/c2*1-2-3-4-5-6-7-8-9-10-11-12-13-14-15-16-17-18-19-20-21-22-27-23-25-28(26-24-27)32(29,30)31;/h2*23-26H,2-22H2,1H3,(H,29,30,31);/q;;+2/p-2. The average Bonchev–Trinajstić information content (AvgIpc) is 3.27. The van der Waals surface area contributed by atoms with Gasteiger partial charge in [0.05, 0.1) is 9.79 Å². The second-order valence-electron chi connectivity index (χ2n) is 19.1. The first-order valence-corrected chi connectivity index (χ1v) is 30.0. The second-order valence-corrected chi connectivity index (χ2v) is 21.9. The normalized spacial score (nSPS) is 11.6. The molecule has 0 radical (unpaired) electrons. The number of hydrogen-bond donors (Lipinski definition) is 0. The predicted molar refractivity (Wildman–Crippen MR) is 278 cm³/mol. The van der Waals surface area contributed by atoms with Gasteiger partial charge in [0.25, 0.3) is 0 Å². The maximum atomic E-state index is 10.9. The largest absolute Gasteiger partial charge is 2.00 e. The minimum absolute atomic E-state index is 0. The summed E-state index contributed by atoms with van der Waals surface area (Å²) in [5.41, 5.74) is 2.22. The Kier molecular flexibility index (Phi) is 46.1. The molecule has 9 heteroatoms. The molecule has 0 saturated heterocycles. The Labute approximate surface area is 443 Å². The third-order valence-electron chi connectivity index (χ3n) is 13.1. The molecular weight excluding hydrogens is 970 g/mol. The van der Waals surface area contributed by atoms with Crippen molar-refractivity contribution >= 4 is 69.1 Å². The molecule has 2 aromatic rings. The van der Waals surface area contributed by atoms with Crippen molar-refractivity contribution in [2.75, 3.05) is 0 Å². The van der Waals surface area contributed by atoms with Gasteiger partial charge in [-0.25, -0.2) is 16.8 Å². The first kappa shape index (κ1) is 64.8. The topological polar surface area (TPSA) is 114 Å². The predicted octanol–water partition coefficient (Wildman–Crippen LogP) is 17.5. The van der Waals surface area contributed by atoms with E-state index in [9.17, 15) is 25.9 Å². The van der Waals surface area contributed by atoms with Gasteiger partial charge in [0.1, 0.15) is 20.2 Å². The van der Waals surface area contributed by atoms with Crippen molar-refractivity contribution in [2.45, 2.75) is 293 Å². The summed E-state index contributed by atoms with van der Waals surface area (Å²) in [5, 5.41) is 0. The monoisotopic (exact) mass is 1070 g/mol. The van der Waals surface area contributed by atoms with E-state index in [1.165, 1.54) is 268 Å². The summed E-state index contributed by atoms with van der Waals surface area (Å²) in [6.45, 7) is 4.57.